The number of rotatable bonds is 11. The number of benzene rings is 7. The molecule has 0 aromatic heterocycles. The lowest BCUT2D eigenvalue weighted by molar-refractivity contribution is 0.319. The van der Waals surface area contributed by atoms with Gasteiger partial charge in [-0.25, -0.2) is 0 Å². The van der Waals surface area contributed by atoms with Crippen LogP contribution in [0.15, 0.2) is 230 Å². The normalized spacial score (nSPS) is 15.1. The lowest BCUT2D eigenvalue weighted by atomic mass is 9.81. The van der Waals surface area contributed by atoms with E-state index in [9.17, 15) is 0 Å². The second-order valence-corrected chi connectivity index (χ2v) is 20.6. The number of ether oxygens (including phenoxy) is 1. The summed E-state index contributed by atoms with van der Waals surface area (Å²) < 4.78 is 6.24. The van der Waals surface area contributed by atoms with Crippen LogP contribution in [0.5, 0.6) is 0 Å². The first kappa shape index (κ1) is 59.8. The van der Waals surface area contributed by atoms with Crippen LogP contribution in [0.1, 0.15) is 152 Å². The van der Waals surface area contributed by atoms with Crippen molar-refractivity contribution in [1.82, 2.24) is 0 Å². The highest BCUT2D eigenvalue weighted by Crippen LogP contribution is 2.50. The van der Waals surface area contributed by atoms with Gasteiger partial charge in [0.1, 0.15) is 11.5 Å². The smallest absolute Gasteiger partial charge is 0.133 e. The molecule has 0 fully saturated rings. The van der Waals surface area contributed by atoms with Crippen molar-refractivity contribution in [3.05, 3.63) is 275 Å². The number of hydrogen-bond acceptors (Lipinski definition) is 1. The molecule has 402 valence electrons. The fourth-order valence-corrected chi connectivity index (χ4v) is 10.8. The first-order valence-electron chi connectivity index (χ1n) is 29.1. The molecule has 1 heterocycles. The summed E-state index contributed by atoms with van der Waals surface area (Å²) in [5, 5.41) is 0. The average Bonchev–Trinajstić information content (AvgIpc) is 3.54. The Morgan fingerprint density at radius 2 is 1.29 bits per heavy atom. The predicted molar refractivity (Wildman–Crippen MR) is 344 cm³/mol. The largest absolute Gasteiger partial charge is 0.461 e. The maximum Gasteiger partial charge on any atom is 0.133 e. The maximum absolute atomic E-state index is 6.24. The van der Waals surface area contributed by atoms with Crippen LogP contribution >= 0.6 is 0 Å². The molecule has 3 aliphatic rings. The summed E-state index contributed by atoms with van der Waals surface area (Å²) in [5.41, 5.74) is 25.3. The van der Waals surface area contributed by atoms with Gasteiger partial charge in [0, 0.05) is 11.0 Å². The Balaban J connectivity index is 0.000000185. The Morgan fingerprint density at radius 3 is 2.01 bits per heavy atom. The van der Waals surface area contributed by atoms with Crippen LogP contribution in [-0.4, -0.2) is 0 Å². The van der Waals surface area contributed by atoms with E-state index >= 15 is 0 Å². The molecular formula is C77H88O. The van der Waals surface area contributed by atoms with E-state index < -0.39 is 0 Å². The zero-order valence-corrected chi connectivity index (χ0v) is 49.4. The third kappa shape index (κ3) is 15.0. The van der Waals surface area contributed by atoms with Crippen LogP contribution in [0.3, 0.4) is 0 Å². The molecule has 0 amide bonds. The van der Waals surface area contributed by atoms with Crippen LogP contribution in [0, 0.1) is 13.8 Å². The van der Waals surface area contributed by atoms with Crippen molar-refractivity contribution in [2.75, 3.05) is 0 Å². The molecule has 78 heavy (non-hydrogen) atoms. The van der Waals surface area contributed by atoms with Gasteiger partial charge in [0.15, 0.2) is 0 Å². The number of aryl methyl sites for hydroxylation is 4. The van der Waals surface area contributed by atoms with E-state index in [2.05, 4.69) is 248 Å². The predicted octanol–water partition coefficient (Wildman–Crippen LogP) is 22.8. The highest BCUT2D eigenvalue weighted by atomic mass is 16.5. The van der Waals surface area contributed by atoms with Crippen LogP contribution in [0.4, 0.5) is 0 Å². The van der Waals surface area contributed by atoms with Gasteiger partial charge in [-0.2, -0.15) is 0 Å². The average molecular weight is 1030 g/mol. The molecule has 0 N–H and O–H groups in total. The van der Waals surface area contributed by atoms with Gasteiger partial charge in [0.25, 0.3) is 0 Å². The summed E-state index contributed by atoms with van der Waals surface area (Å²) >= 11 is 0. The lowest BCUT2D eigenvalue weighted by Gasteiger charge is -2.22. The monoisotopic (exact) mass is 1030 g/mol. The summed E-state index contributed by atoms with van der Waals surface area (Å²) in [6.45, 7) is 29.4. The number of fused-ring (bicyclic) bond motifs is 3. The molecule has 0 spiro atoms. The minimum Gasteiger partial charge on any atom is -0.461 e. The molecule has 7 aromatic carbocycles. The van der Waals surface area contributed by atoms with Crippen molar-refractivity contribution in [2.24, 2.45) is 0 Å². The third-order valence-electron chi connectivity index (χ3n) is 14.7. The molecule has 0 unspecified atom stereocenters. The van der Waals surface area contributed by atoms with Crippen LogP contribution in [0.2, 0.25) is 0 Å². The van der Waals surface area contributed by atoms with E-state index in [-0.39, 0.29) is 5.41 Å². The van der Waals surface area contributed by atoms with Gasteiger partial charge in [0.05, 0.1) is 0 Å². The van der Waals surface area contributed by atoms with E-state index in [0.717, 1.165) is 50.0 Å². The Hall–Kier alpha value is -7.48. The molecule has 7 aromatic rings. The quantitative estimate of drug-likeness (QED) is 0.117. The standard InChI is InChI=1S/C28H24.C23H26.C22H26O.2C2H6/c1-19-8-7-11-21(16-19)22-13-15-26-25(17-22)24-14-12-23(18-27(24)28(26,2)3)20-9-5-4-6-10-20;1-5-10-19(11-6-2)21-16-15-18(4)23(17-21)22-14-9-8-13-20(22)12-7-3;1-3-8-18-13-15-19(16-14-18)21-12-7-6-11-20-10-5-4-9-17(2)23-22(20)21;2*1-2/h4-18H,1-3H3;5-6,8-11,13-17H,1,7,12H2,2-4H3;4-5,9,12-16H,3,6-8,10-11H2,1-2H3;2*1-2H3/b;11-6-,19-10+;5-4-,17-9+;;. The maximum atomic E-state index is 6.24. The van der Waals surface area contributed by atoms with E-state index in [1.54, 1.807) is 0 Å². The summed E-state index contributed by atoms with van der Waals surface area (Å²) in [6.07, 6.45) is 25.9. The van der Waals surface area contributed by atoms with E-state index in [0.29, 0.717) is 0 Å². The van der Waals surface area contributed by atoms with Gasteiger partial charge in [-0.1, -0.05) is 262 Å². The fraction of sp³-hybridized carbons (Fsp3) is 0.273. The zero-order chi connectivity index (χ0) is 56.0. The molecule has 2 aliphatic carbocycles. The van der Waals surface area contributed by atoms with Gasteiger partial charge < -0.3 is 4.74 Å². The lowest BCUT2D eigenvalue weighted by Crippen LogP contribution is -2.15. The molecule has 1 heteroatoms. The third-order valence-corrected chi connectivity index (χ3v) is 14.7. The van der Waals surface area contributed by atoms with Gasteiger partial charge >= 0.3 is 0 Å². The number of allylic oxidation sites excluding steroid dienone is 12. The van der Waals surface area contributed by atoms with Crippen LogP contribution in [-0.2, 0) is 23.0 Å². The van der Waals surface area contributed by atoms with Crippen molar-refractivity contribution < 1.29 is 4.74 Å². The Labute approximate surface area is 472 Å². The molecule has 0 saturated heterocycles. The SMILES string of the molecule is C=C/C=C(\C=C/C)c1ccc(C)c(-c2ccccc2CCC)c1.CC.CC.CCCc1ccc(C2=CCCCC3=C2O/C(C)=C/C=C\C3)cc1.Cc1cccc(-c2ccc3c(c2)-c2ccc(-c4ccccc4)cc2C3(C)C)c1. The summed E-state index contributed by atoms with van der Waals surface area (Å²) in [5.74, 6) is 2.05. The highest BCUT2D eigenvalue weighted by molar-refractivity contribution is 5.87. The molecule has 0 saturated carbocycles. The number of hydrogen-bond donors (Lipinski definition) is 0. The molecule has 10 rings (SSSR count). The second-order valence-electron chi connectivity index (χ2n) is 20.6. The van der Waals surface area contributed by atoms with Crippen LogP contribution in [0.25, 0.3) is 55.7 Å². The van der Waals surface area contributed by atoms with Crippen LogP contribution < -0.4 is 0 Å². The Bertz CT molecular complexity index is 3270. The summed E-state index contributed by atoms with van der Waals surface area (Å²) in [4.78, 5) is 0. The minimum absolute atomic E-state index is 0.0145. The van der Waals surface area contributed by atoms with Crippen molar-refractivity contribution in [2.45, 2.75) is 140 Å². The zero-order valence-electron chi connectivity index (χ0n) is 49.4. The van der Waals surface area contributed by atoms with Gasteiger partial charge in [-0.3, -0.25) is 0 Å². The van der Waals surface area contributed by atoms with Crippen molar-refractivity contribution in [1.29, 1.82) is 0 Å². The van der Waals surface area contributed by atoms with Gasteiger partial charge in [0.2, 0.25) is 0 Å². The Morgan fingerprint density at radius 1 is 0.615 bits per heavy atom. The van der Waals surface area contributed by atoms with Gasteiger partial charge in [-0.05, 0) is 185 Å². The second kappa shape index (κ2) is 29.9. The fourth-order valence-electron chi connectivity index (χ4n) is 10.8. The molecule has 0 radical (unpaired) electrons. The molecule has 0 bridgehead atoms. The van der Waals surface area contributed by atoms with E-state index in [4.69, 9.17) is 4.74 Å². The van der Waals surface area contributed by atoms with E-state index in [1.807, 2.05) is 47.6 Å². The molecular weight excluding hydrogens is 941 g/mol. The van der Waals surface area contributed by atoms with Crippen molar-refractivity contribution >= 4 is 11.1 Å². The topological polar surface area (TPSA) is 9.23 Å². The molecule has 0 atom stereocenters. The van der Waals surface area contributed by atoms with Gasteiger partial charge in [-0.15, -0.1) is 0 Å². The summed E-state index contributed by atoms with van der Waals surface area (Å²) in [6, 6.07) is 57.9. The molecule has 1 nitrogen and oxygen atoms in total. The minimum atomic E-state index is 0.0145. The first-order chi connectivity index (χ1) is 38.0. The first-order valence-corrected chi connectivity index (χ1v) is 29.1. The summed E-state index contributed by atoms with van der Waals surface area (Å²) in [7, 11) is 0. The molecule has 1 aliphatic heterocycles. The van der Waals surface area contributed by atoms with E-state index in [1.165, 1.54) is 119 Å². The highest BCUT2D eigenvalue weighted by Gasteiger charge is 2.35. The van der Waals surface area contributed by atoms with Crippen molar-refractivity contribution in [3.8, 4) is 44.5 Å². The van der Waals surface area contributed by atoms with Crippen molar-refractivity contribution in [3.63, 3.8) is 0 Å². The Kier molecular flexibility index (Phi) is 22.9.